The van der Waals surface area contributed by atoms with Crippen LogP contribution in [0.15, 0.2) is 53.2 Å². The van der Waals surface area contributed by atoms with E-state index in [4.69, 9.17) is 21.1 Å². The number of carbonyl (C=O) groups is 3. The van der Waals surface area contributed by atoms with Gasteiger partial charge >= 0.3 is 0 Å². The molecular weight excluding hydrogens is 492 g/mol. The Morgan fingerprint density at radius 1 is 1.03 bits per heavy atom. The van der Waals surface area contributed by atoms with Gasteiger partial charge in [0.15, 0.2) is 5.13 Å². The summed E-state index contributed by atoms with van der Waals surface area (Å²) in [7, 11) is 2.90. The van der Waals surface area contributed by atoms with E-state index < -0.39 is 11.8 Å². The van der Waals surface area contributed by atoms with E-state index in [1.165, 1.54) is 31.6 Å². The summed E-state index contributed by atoms with van der Waals surface area (Å²) in [6.07, 6.45) is 0. The first kappa shape index (κ1) is 24.2. The number of aromatic nitrogens is 1. The number of rotatable bonds is 7. The summed E-state index contributed by atoms with van der Waals surface area (Å²) in [4.78, 5) is 44.8. The van der Waals surface area contributed by atoms with E-state index in [-0.39, 0.29) is 22.3 Å². The number of halogens is 1. The summed E-state index contributed by atoms with van der Waals surface area (Å²) < 4.78 is 10.5. The highest BCUT2D eigenvalue weighted by Crippen LogP contribution is 2.38. The summed E-state index contributed by atoms with van der Waals surface area (Å²) in [5, 5.41) is 5.90. The minimum atomic E-state index is -0.698. The summed E-state index contributed by atoms with van der Waals surface area (Å²) >= 11 is 7.64. The third-order valence-corrected chi connectivity index (χ3v) is 6.66. The SMILES string of the molecule is COc1ccc(OC)c(N2C(=O)C(Cl)=C(Nc3ccc(C(=O)Nc4nc(C)c(C)s4)cc3)C2=O)c1. The van der Waals surface area contributed by atoms with Crippen LogP contribution in [0.5, 0.6) is 11.5 Å². The number of carbonyl (C=O) groups excluding carboxylic acids is 3. The van der Waals surface area contributed by atoms with E-state index >= 15 is 0 Å². The van der Waals surface area contributed by atoms with Crippen molar-refractivity contribution in [1.82, 2.24) is 4.98 Å². The Bertz CT molecular complexity index is 1350. The van der Waals surface area contributed by atoms with Gasteiger partial charge in [-0.15, -0.1) is 11.3 Å². The zero-order valence-corrected chi connectivity index (χ0v) is 20.8. The molecule has 1 aliphatic heterocycles. The Hall–Kier alpha value is -3.89. The lowest BCUT2D eigenvalue weighted by molar-refractivity contribution is -0.120. The molecule has 11 heteroatoms. The number of nitrogens with one attached hydrogen (secondary N) is 2. The Kier molecular flexibility index (Phi) is 6.77. The van der Waals surface area contributed by atoms with Crippen LogP contribution < -0.4 is 25.0 Å². The quantitative estimate of drug-likeness (QED) is 0.449. The predicted molar refractivity (Wildman–Crippen MR) is 135 cm³/mol. The molecule has 0 fully saturated rings. The standard InChI is InChI=1S/C24H21ClN4O5S/c1-12-13(2)35-24(26-12)28-21(30)14-5-7-15(8-6-14)27-20-19(25)22(31)29(23(20)32)17-11-16(33-3)9-10-18(17)34-4/h5-11,27H,1-4H3,(H,26,28,30). The molecule has 2 heterocycles. The maximum absolute atomic E-state index is 13.1. The lowest BCUT2D eigenvalue weighted by atomic mass is 10.2. The number of thiazole rings is 1. The van der Waals surface area contributed by atoms with Crippen molar-refractivity contribution in [3.05, 3.63) is 69.3 Å². The number of amides is 3. The minimum absolute atomic E-state index is 0.0903. The van der Waals surface area contributed by atoms with Crippen molar-refractivity contribution in [1.29, 1.82) is 0 Å². The fourth-order valence-electron chi connectivity index (χ4n) is 3.35. The first-order valence-corrected chi connectivity index (χ1v) is 11.6. The van der Waals surface area contributed by atoms with Crippen LogP contribution in [0.4, 0.5) is 16.5 Å². The first-order valence-electron chi connectivity index (χ1n) is 10.4. The van der Waals surface area contributed by atoms with E-state index in [2.05, 4.69) is 15.6 Å². The number of hydrogen-bond acceptors (Lipinski definition) is 8. The van der Waals surface area contributed by atoms with E-state index in [0.717, 1.165) is 15.5 Å². The molecule has 180 valence electrons. The van der Waals surface area contributed by atoms with Crippen molar-refractivity contribution in [3.63, 3.8) is 0 Å². The van der Waals surface area contributed by atoms with Gasteiger partial charge in [0.05, 0.1) is 25.6 Å². The first-order chi connectivity index (χ1) is 16.7. The number of benzene rings is 2. The molecule has 0 unspecified atom stereocenters. The summed E-state index contributed by atoms with van der Waals surface area (Å²) in [6, 6.07) is 11.1. The monoisotopic (exact) mass is 512 g/mol. The molecule has 2 aromatic carbocycles. The van der Waals surface area contributed by atoms with Crippen molar-refractivity contribution in [2.75, 3.05) is 29.8 Å². The number of imide groups is 1. The molecule has 3 amide bonds. The van der Waals surface area contributed by atoms with Gasteiger partial charge in [0.25, 0.3) is 17.7 Å². The molecular formula is C24H21ClN4O5S. The molecule has 0 radical (unpaired) electrons. The molecule has 2 N–H and O–H groups in total. The van der Waals surface area contributed by atoms with Crippen LogP contribution in [0, 0.1) is 13.8 Å². The molecule has 3 aromatic rings. The second-order valence-corrected chi connectivity index (χ2v) is 9.07. The Morgan fingerprint density at radius 3 is 2.34 bits per heavy atom. The van der Waals surface area contributed by atoms with Crippen molar-refractivity contribution in [2.24, 2.45) is 0 Å². The molecule has 35 heavy (non-hydrogen) atoms. The maximum Gasteiger partial charge on any atom is 0.283 e. The molecule has 1 aliphatic rings. The van der Waals surface area contributed by atoms with Crippen LogP contribution in [-0.4, -0.2) is 36.9 Å². The van der Waals surface area contributed by atoms with Gasteiger partial charge < -0.3 is 14.8 Å². The van der Waals surface area contributed by atoms with Crippen molar-refractivity contribution < 1.29 is 23.9 Å². The van der Waals surface area contributed by atoms with Gasteiger partial charge in [0, 0.05) is 22.2 Å². The van der Waals surface area contributed by atoms with Gasteiger partial charge in [-0.3, -0.25) is 19.7 Å². The van der Waals surface area contributed by atoms with Crippen molar-refractivity contribution in [3.8, 4) is 11.5 Å². The summed E-state index contributed by atoms with van der Waals surface area (Å²) in [5.74, 6) is -0.917. The van der Waals surface area contributed by atoms with Gasteiger partial charge in [-0.2, -0.15) is 0 Å². The molecule has 0 spiro atoms. The van der Waals surface area contributed by atoms with Gasteiger partial charge in [0.1, 0.15) is 22.2 Å². The normalized spacial score (nSPS) is 13.3. The van der Waals surface area contributed by atoms with Crippen LogP contribution in [0.2, 0.25) is 0 Å². The molecule has 0 atom stereocenters. The van der Waals surface area contributed by atoms with E-state index in [1.807, 2.05) is 13.8 Å². The zero-order valence-electron chi connectivity index (χ0n) is 19.3. The van der Waals surface area contributed by atoms with Crippen LogP contribution in [0.25, 0.3) is 0 Å². The molecule has 0 bridgehead atoms. The van der Waals surface area contributed by atoms with Gasteiger partial charge in [-0.1, -0.05) is 11.6 Å². The summed E-state index contributed by atoms with van der Waals surface area (Å²) in [5.41, 5.74) is 1.85. The average molecular weight is 513 g/mol. The Labute approximate surface area is 210 Å². The second kappa shape index (κ2) is 9.77. The largest absolute Gasteiger partial charge is 0.497 e. The van der Waals surface area contributed by atoms with Gasteiger partial charge in [-0.25, -0.2) is 9.88 Å². The van der Waals surface area contributed by atoms with Crippen LogP contribution >= 0.6 is 22.9 Å². The van der Waals surface area contributed by atoms with Crippen LogP contribution in [0.3, 0.4) is 0 Å². The highest BCUT2D eigenvalue weighted by molar-refractivity contribution is 7.15. The molecule has 0 aliphatic carbocycles. The number of nitrogens with zero attached hydrogens (tertiary/aromatic N) is 2. The smallest absolute Gasteiger partial charge is 0.283 e. The lowest BCUT2D eigenvalue weighted by Gasteiger charge is -2.19. The minimum Gasteiger partial charge on any atom is -0.497 e. The second-order valence-electron chi connectivity index (χ2n) is 7.49. The van der Waals surface area contributed by atoms with Crippen LogP contribution in [-0.2, 0) is 9.59 Å². The third-order valence-electron chi connectivity index (χ3n) is 5.32. The molecule has 4 rings (SSSR count). The fraction of sp³-hybridized carbons (Fsp3) is 0.167. The fourth-order valence-corrected chi connectivity index (χ4v) is 4.37. The molecule has 0 saturated carbocycles. The molecule has 0 saturated heterocycles. The highest BCUT2D eigenvalue weighted by Gasteiger charge is 2.40. The third kappa shape index (κ3) is 4.71. The van der Waals surface area contributed by atoms with Gasteiger partial charge in [0.2, 0.25) is 0 Å². The average Bonchev–Trinajstić information content (AvgIpc) is 3.28. The number of ether oxygens (including phenoxy) is 2. The van der Waals surface area contributed by atoms with E-state index in [1.54, 1.807) is 36.4 Å². The number of methoxy groups -OCH3 is 2. The lowest BCUT2D eigenvalue weighted by Crippen LogP contribution is -2.32. The topological polar surface area (TPSA) is 110 Å². The number of hydrogen-bond donors (Lipinski definition) is 2. The van der Waals surface area contributed by atoms with Crippen molar-refractivity contribution >= 4 is 57.2 Å². The van der Waals surface area contributed by atoms with Crippen molar-refractivity contribution in [2.45, 2.75) is 13.8 Å². The van der Waals surface area contributed by atoms with E-state index in [0.29, 0.717) is 27.9 Å². The maximum atomic E-state index is 13.1. The van der Waals surface area contributed by atoms with Crippen LogP contribution in [0.1, 0.15) is 20.9 Å². The number of anilines is 3. The zero-order chi connectivity index (χ0) is 25.3. The number of aryl methyl sites for hydroxylation is 2. The Balaban J connectivity index is 1.52. The van der Waals surface area contributed by atoms with E-state index in [9.17, 15) is 14.4 Å². The highest BCUT2D eigenvalue weighted by atomic mass is 35.5. The molecule has 1 aromatic heterocycles. The predicted octanol–water partition coefficient (Wildman–Crippen LogP) is 4.47. The van der Waals surface area contributed by atoms with Gasteiger partial charge in [-0.05, 0) is 50.2 Å². The molecule has 9 nitrogen and oxygen atoms in total. The Morgan fingerprint density at radius 2 is 1.74 bits per heavy atom. The summed E-state index contributed by atoms with van der Waals surface area (Å²) in [6.45, 7) is 3.81.